The van der Waals surface area contributed by atoms with Crippen LogP contribution >= 0.6 is 11.6 Å². The average Bonchev–Trinajstić information content (AvgIpc) is 3.15. The number of ether oxygens (including phenoxy) is 2. The van der Waals surface area contributed by atoms with Gasteiger partial charge in [-0.25, -0.2) is 0 Å². The van der Waals surface area contributed by atoms with Crippen LogP contribution in [0, 0.1) is 0 Å². The first-order valence-electron chi connectivity index (χ1n) is 9.36. The Labute approximate surface area is 167 Å². The van der Waals surface area contributed by atoms with Gasteiger partial charge in [0, 0.05) is 35.1 Å². The second-order valence-corrected chi connectivity index (χ2v) is 7.65. The van der Waals surface area contributed by atoms with Crippen molar-refractivity contribution in [3.05, 3.63) is 64.3 Å². The molecule has 0 radical (unpaired) electrons. The summed E-state index contributed by atoms with van der Waals surface area (Å²) in [5, 5.41) is 0.562. The van der Waals surface area contributed by atoms with E-state index in [0.717, 1.165) is 23.3 Å². The van der Waals surface area contributed by atoms with Gasteiger partial charge in [-0.3, -0.25) is 14.5 Å². The molecule has 0 spiro atoms. The third kappa shape index (κ3) is 2.78. The Kier molecular flexibility index (Phi) is 4.13. The Morgan fingerprint density at radius 3 is 2.71 bits per heavy atom. The number of rotatable bonds is 2. The molecule has 5 rings (SSSR count). The molecule has 1 aliphatic carbocycles. The summed E-state index contributed by atoms with van der Waals surface area (Å²) >= 11 is 6.15. The zero-order chi connectivity index (χ0) is 19.3. The zero-order valence-electron chi connectivity index (χ0n) is 15.1. The quantitative estimate of drug-likeness (QED) is 0.745. The van der Waals surface area contributed by atoms with Crippen LogP contribution in [0.2, 0.25) is 5.02 Å². The summed E-state index contributed by atoms with van der Waals surface area (Å²) in [6.07, 6.45) is 2.18. The van der Waals surface area contributed by atoms with Crippen LogP contribution in [0.3, 0.4) is 0 Å². The van der Waals surface area contributed by atoms with Crippen molar-refractivity contribution < 1.29 is 19.1 Å². The van der Waals surface area contributed by atoms with Crippen molar-refractivity contribution in [2.75, 3.05) is 11.7 Å². The molecule has 0 fully saturated rings. The number of ketones is 1. The minimum atomic E-state index is -0.264. The second-order valence-electron chi connectivity index (χ2n) is 7.22. The van der Waals surface area contributed by atoms with E-state index in [1.165, 1.54) is 0 Å². The number of halogens is 1. The summed E-state index contributed by atoms with van der Waals surface area (Å²) in [5.41, 5.74) is 3.16. The lowest BCUT2D eigenvalue weighted by Crippen LogP contribution is -2.40. The van der Waals surface area contributed by atoms with Gasteiger partial charge in [-0.15, -0.1) is 0 Å². The van der Waals surface area contributed by atoms with Crippen molar-refractivity contribution in [2.24, 2.45) is 0 Å². The van der Waals surface area contributed by atoms with Gasteiger partial charge in [-0.1, -0.05) is 23.7 Å². The fourth-order valence-electron chi connectivity index (χ4n) is 4.32. The van der Waals surface area contributed by atoms with Crippen LogP contribution < -0.4 is 14.4 Å². The number of hydrogen-bond donors (Lipinski definition) is 0. The molecule has 28 heavy (non-hydrogen) atoms. The number of Topliss-reactive ketones (excluding diaryl/α,β-unsaturated/α-hetero) is 1. The molecule has 2 aromatic carbocycles. The van der Waals surface area contributed by atoms with Crippen molar-refractivity contribution in [3.63, 3.8) is 0 Å². The van der Waals surface area contributed by atoms with Crippen LogP contribution in [-0.4, -0.2) is 18.5 Å². The minimum absolute atomic E-state index is 0.0293. The Bertz CT molecular complexity index is 1030. The summed E-state index contributed by atoms with van der Waals surface area (Å²) in [6, 6.07) is 12.9. The molecule has 5 nitrogen and oxygen atoms in total. The number of carbonyl (C=O) groups is 2. The van der Waals surface area contributed by atoms with Gasteiger partial charge in [0.1, 0.15) is 0 Å². The summed E-state index contributed by atoms with van der Waals surface area (Å²) in [4.78, 5) is 27.8. The smallest absolute Gasteiger partial charge is 0.232 e. The maximum Gasteiger partial charge on any atom is 0.232 e. The third-order valence-corrected chi connectivity index (χ3v) is 5.78. The van der Waals surface area contributed by atoms with Crippen LogP contribution in [0.5, 0.6) is 11.5 Å². The first-order valence-corrected chi connectivity index (χ1v) is 9.74. The molecular formula is C22H18ClNO4. The van der Waals surface area contributed by atoms with E-state index in [4.69, 9.17) is 21.1 Å². The standard InChI is InChI=1S/C22H18ClNO4/c23-14-3-1-4-15(10-14)24-17-5-2-6-18(25)22(17)16(11-21(24)26)13-7-8-19-20(9-13)28-12-27-19/h1,3-4,7-10,16H,2,5-6,11-12H2. The number of carbonyl (C=O) groups excluding carboxylic acids is 2. The molecule has 3 aliphatic rings. The summed E-state index contributed by atoms with van der Waals surface area (Å²) in [6.45, 7) is 0.192. The highest BCUT2D eigenvalue weighted by molar-refractivity contribution is 6.31. The van der Waals surface area contributed by atoms with Gasteiger partial charge in [0.25, 0.3) is 0 Å². The molecule has 0 bridgehead atoms. The minimum Gasteiger partial charge on any atom is -0.454 e. The van der Waals surface area contributed by atoms with Gasteiger partial charge in [0.15, 0.2) is 17.3 Å². The number of hydrogen-bond acceptors (Lipinski definition) is 4. The van der Waals surface area contributed by atoms with Crippen LogP contribution in [0.1, 0.15) is 37.2 Å². The number of benzene rings is 2. The predicted molar refractivity (Wildman–Crippen MR) is 105 cm³/mol. The van der Waals surface area contributed by atoms with Crippen LogP contribution in [-0.2, 0) is 9.59 Å². The largest absolute Gasteiger partial charge is 0.454 e. The first kappa shape index (κ1) is 17.3. The van der Waals surface area contributed by atoms with E-state index in [2.05, 4.69) is 0 Å². The second kappa shape index (κ2) is 6.67. The number of fused-ring (bicyclic) bond motifs is 1. The summed E-state index contributed by atoms with van der Waals surface area (Å²) in [7, 11) is 0. The average molecular weight is 396 g/mol. The molecule has 6 heteroatoms. The maximum atomic E-state index is 13.2. The number of anilines is 1. The molecule has 2 heterocycles. The maximum absolute atomic E-state index is 13.2. The van der Waals surface area contributed by atoms with Crippen molar-refractivity contribution in [3.8, 4) is 11.5 Å². The van der Waals surface area contributed by atoms with E-state index >= 15 is 0 Å². The van der Waals surface area contributed by atoms with Crippen molar-refractivity contribution in [1.82, 2.24) is 0 Å². The van der Waals surface area contributed by atoms with Gasteiger partial charge >= 0.3 is 0 Å². The molecule has 0 aromatic heterocycles. The first-order chi connectivity index (χ1) is 13.6. The van der Waals surface area contributed by atoms with Gasteiger partial charge in [-0.05, 0) is 48.7 Å². The van der Waals surface area contributed by atoms with Crippen molar-refractivity contribution in [1.29, 1.82) is 0 Å². The fourth-order valence-corrected chi connectivity index (χ4v) is 4.51. The molecule has 1 amide bonds. The molecule has 1 unspecified atom stereocenters. The van der Waals surface area contributed by atoms with E-state index in [-0.39, 0.29) is 30.8 Å². The fraction of sp³-hybridized carbons (Fsp3) is 0.273. The van der Waals surface area contributed by atoms with Crippen LogP contribution in [0.15, 0.2) is 53.7 Å². The lowest BCUT2D eigenvalue weighted by molar-refractivity contribution is -0.119. The molecule has 0 N–H and O–H groups in total. The van der Waals surface area contributed by atoms with Crippen LogP contribution in [0.25, 0.3) is 0 Å². The van der Waals surface area contributed by atoms with Crippen molar-refractivity contribution >= 4 is 29.0 Å². The van der Waals surface area contributed by atoms with E-state index in [0.29, 0.717) is 35.1 Å². The number of amides is 1. The van der Waals surface area contributed by atoms with E-state index in [9.17, 15) is 9.59 Å². The zero-order valence-corrected chi connectivity index (χ0v) is 15.9. The summed E-state index contributed by atoms with van der Waals surface area (Å²) < 4.78 is 10.9. The van der Waals surface area contributed by atoms with Gasteiger partial charge in [0.2, 0.25) is 12.7 Å². The summed E-state index contributed by atoms with van der Waals surface area (Å²) in [5.74, 6) is 1.17. The number of allylic oxidation sites excluding steroid dienone is 2. The third-order valence-electron chi connectivity index (χ3n) is 5.54. The van der Waals surface area contributed by atoms with E-state index in [1.807, 2.05) is 30.3 Å². The Morgan fingerprint density at radius 1 is 1.00 bits per heavy atom. The topological polar surface area (TPSA) is 55.8 Å². The molecule has 0 saturated carbocycles. The monoisotopic (exact) mass is 395 g/mol. The van der Waals surface area contributed by atoms with Crippen LogP contribution in [0.4, 0.5) is 5.69 Å². The molecular weight excluding hydrogens is 378 g/mol. The predicted octanol–water partition coefficient (Wildman–Crippen LogP) is 4.60. The van der Waals surface area contributed by atoms with Crippen molar-refractivity contribution in [2.45, 2.75) is 31.6 Å². The lowest BCUT2D eigenvalue weighted by atomic mass is 9.77. The van der Waals surface area contributed by atoms with Gasteiger partial charge < -0.3 is 9.47 Å². The molecule has 142 valence electrons. The Balaban J connectivity index is 1.63. The normalized spacial score (nSPS) is 21.2. The Morgan fingerprint density at radius 2 is 1.86 bits per heavy atom. The molecule has 1 atom stereocenters. The SMILES string of the molecule is O=C1CCCC2=C1C(c1ccc3c(c1)OCO3)CC(=O)N2c1cccc(Cl)c1. The van der Waals surface area contributed by atoms with E-state index in [1.54, 1.807) is 17.0 Å². The molecule has 2 aliphatic heterocycles. The highest BCUT2D eigenvalue weighted by Gasteiger charge is 2.40. The highest BCUT2D eigenvalue weighted by Crippen LogP contribution is 2.45. The highest BCUT2D eigenvalue weighted by atomic mass is 35.5. The molecule has 2 aromatic rings. The number of nitrogens with zero attached hydrogens (tertiary/aromatic N) is 1. The molecule has 0 saturated heterocycles. The Hall–Kier alpha value is -2.79. The van der Waals surface area contributed by atoms with Gasteiger partial charge in [0.05, 0.1) is 5.69 Å². The van der Waals surface area contributed by atoms with Gasteiger partial charge in [-0.2, -0.15) is 0 Å². The van der Waals surface area contributed by atoms with E-state index < -0.39 is 0 Å². The lowest BCUT2D eigenvalue weighted by Gasteiger charge is -2.38.